The highest BCUT2D eigenvalue weighted by molar-refractivity contribution is 8.76. The van der Waals surface area contributed by atoms with Crippen LogP contribution in [0.15, 0.2) is 60.7 Å². The van der Waals surface area contributed by atoms with Crippen molar-refractivity contribution in [2.45, 2.75) is 0 Å². The number of hydrogen-bond donors (Lipinski definition) is 1. The molecule has 192 valence electrons. The zero-order valence-electron chi connectivity index (χ0n) is 19.8. The highest BCUT2D eigenvalue weighted by atomic mass is 35.5. The van der Waals surface area contributed by atoms with Gasteiger partial charge in [0.05, 0.1) is 0 Å². The molecular formula is C28H20Cl2N2O4S2. The van der Waals surface area contributed by atoms with Crippen LogP contribution in [-0.2, 0) is 0 Å². The van der Waals surface area contributed by atoms with E-state index in [1.807, 2.05) is 6.07 Å². The third-order valence-corrected chi connectivity index (χ3v) is 9.33. The zero-order chi connectivity index (χ0) is 26.8. The van der Waals surface area contributed by atoms with Crippen molar-refractivity contribution in [3.8, 4) is 0 Å². The molecule has 0 atom stereocenters. The second-order valence-electron chi connectivity index (χ2n) is 8.47. The lowest BCUT2D eigenvalue weighted by molar-refractivity contribution is 0.0620. The van der Waals surface area contributed by atoms with Gasteiger partial charge >= 0.3 is 0 Å². The maximum absolute atomic E-state index is 13.0. The van der Waals surface area contributed by atoms with Crippen LogP contribution in [-0.4, -0.2) is 53.5 Å². The molecule has 0 fully saturated rings. The Labute approximate surface area is 236 Å². The number of fused-ring (bicyclic) bond motifs is 1. The van der Waals surface area contributed by atoms with Gasteiger partial charge in [-0.05, 0) is 36.4 Å². The summed E-state index contributed by atoms with van der Waals surface area (Å²) in [6.07, 6.45) is 0.716. The fourth-order valence-corrected chi connectivity index (χ4v) is 6.85. The van der Waals surface area contributed by atoms with Crippen LogP contribution in [0.1, 0.15) is 41.4 Å². The lowest BCUT2D eigenvalue weighted by Crippen LogP contribution is -2.41. The molecule has 10 heteroatoms. The first-order chi connectivity index (χ1) is 18.4. The number of carbonyl (C=O) groups excluding carboxylic acids is 4. The van der Waals surface area contributed by atoms with E-state index in [1.54, 1.807) is 54.6 Å². The molecule has 0 radical (unpaired) electrons. The number of aldehydes is 1. The molecule has 38 heavy (non-hydrogen) atoms. The van der Waals surface area contributed by atoms with Gasteiger partial charge < -0.3 is 5.32 Å². The summed E-state index contributed by atoms with van der Waals surface area (Å²) >= 11 is 12.5. The van der Waals surface area contributed by atoms with Gasteiger partial charge in [0.25, 0.3) is 17.7 Å². The third kappa shape index (κ3) is 4.89. The standard InChI is InChI=1S/C28H20Cl2N2O4S2/c29-22-9-7-16(15-33)24-17(22)3-1-5-19(24)26(34)31-11-13-37-38-14-12-32-27(35)20-6-2-4-18-23(30)10-8-21(25(18)20)28(32)36/h1-10,15H,11-14H2,(H,31,34). The number of rotatable bonds is 9. The first kappa shape index (κ1) is 26.6. The monoisotopic (exact) mass is 582 g/mol. The molecule has 6 nitrogen and oxygen atoms in total. The molecule has 1 N–H and O–H groups in total. The van der Waals surface area contributed by atoms with Gasteiger partial charge in [0.1, 0.15) is 0 Å². The zero-order valence-corrected chi connectivity index (χ0v) is 23.0. The Kier molecular flexibility index (Phi) is 7.95. The molecule has 0 saturated heterocycles. The summed E-state index contributed by atoms with van der Waals surface area (Å²) in [5.41, 5.74) is 1.76. The highest BCUT2D eigenvalue weighted by Gasteiger charge is 2.32. The van der Waals surface area contributed by atoms with Crippen LogP contribution in [0.5, 0.6) is 0 Å². The smallest absolute Gasteiger partial charge is 0.261 e. The van der Waals surface area contributed by atoms with Gasteiger partial charge in [0.2, 0.25) is 0 Å². The molecular weight excluding hydrogens is 563 g/mol. The molecule has 0 unspecified atom stereocenters. The molecule has 4 aromatic rings. The maximum atomic E-state index is 13.0. The van der Waals surface area contributed by atoms with Crippen molar-refractivity contribution in [3.63, 3.8) is 0 Å². The van der Waals surface area contributed by atoms with Crippen molar-refractivity contribution in [1.82, 2.24) is 10.2 Å². The third-order valence-electron chi connectivity index (χ3n) is 6.28. The van der Waals surface area contributed by atoms with E-state index in [9.17, 15) is 19.2 Å². The minimum absolute atomic E-state index is 0.269. The summed E-state index contributed by atoms with van der Waals surface area (Å²) in [6, 6.07) is 17.1. The number of hydrogen-bond acceptors (Lipinski definition) is 6. The number of imide groups is 1. The fraction of sp³-hybridized carbons (Fsp3) is 0.143. The Bertz CT molecular complexity index is 1600. The molecule has 4 aromatic carbocycles. The number of amides is 3. The van der Waals surface area contributed by atoms with E-state index in [-0.39, 0.29) is 24.3 Å². The van der Waals surface area contributed by atoms with E-state index in [4.69, 9.17) is 23.2 Å². The molecule has 0 bridgehead atoms. The molecule has 0 saturated carbocycles. The quantitative estimate of drug-likeness (QED) is 0.105. The Balaban J connectivity index is 1.14. The van der Waals surface area contributed by atoms with E-state index in [0.717, 1.165) is 0 Å². The predicted molar refractivity (Wildman–Crippen MR) is 156 cm³/mol. The van der Waals surface area contributed by atoms with Gasteiger partial charge in [-0.2, -0.15) is 0 Å². The van der Waals surface area contributed by atoms with Crippen molar-refractivity contribution in [2.75, 3.05) is 24.6 Å². The van der Waals surface area contributed by atoms with Gasteiger partial charge in [0, 0.05) is 78.4 Å². The highest BCUT2D eigenvalue weighted by Crippen LogP contribution is 2.34. The van der Waals surface area contributed by atoms with E-state index < -0.39 is 0 Å². The van der Waals surface area contributed by atoms with Crippen molar-refractivity contribution in [2.24, 2.45) is 0 Å². The number of carbonyl (C=O) groups is 4. The van der Waals surface area contributed by atoms with E-state index >= 15 is 0 Å². The van der Waals surface area contributed by atoms with Crippen molar-refractivity contribution in [3.05, 3.63) is 93.0 Å². The van der Waals surface area contributed by atoms with Crippen LogP contribution in [0.25, 0.3) is 21.5 Å². The van der Waals surface area contributed by atoms with Crippen LogP contribution in [0, 0.1) is 0 Å². The molecule has 0 aliphatic carbocycles. The fourth-order valence-electron chi connectivity index (χ4n) is 4.55. The molecule has 5 rings (SSSR count). The Hall–Kier alpha value is -3.04. The van der Waals surface area contributed by atoms with Gasteiger partial charge in [-0.3, -0.25) is 24.1 Å². The van der Waals surface area contributed by atoms with Crippen molar-refractivity contribution in [1.29, 1.82) is 0 Å². The second kappa shape index (κ2) is 11.4. The van der Waals surface area contributed by atoms with Crippen molar-refractivity contribution >= 4 is 90.3 Å². The Morgan fingerprint density at radius 1 is 0.816 bits per heavy atom. The minimum atomic E-state index is -0.321. The van der Waals surface area contributed by atoms with Gasteiger partial charge in [-0.15, -0.1) is 0 Å². The Morgan fingerprint density at radius 3 is 2.18 bits per heavy atom. The number of nitrogens with one attached hydrogen (secondary N) is 1. The summed E-state index contributed by atoms with van der Waals surface area (Å²) in [5, 5.41) is 6.35. The van der Waals surface area contributed by atoms with E-state index in [1.165, 1.54) is 26.5 Å². The van der Waals surface area contributed by atoms with Gasteiger partial charge in [-0.25, -0.2) is 0 Å². The number of halogens is 2. The molecule has 0 spiro atoms. The van der Waals surface area contributed by atoms with Crippen LogP contribution in [0.4, 0.5) is 0 Å². The first-order valence-corrected chi connectivity index (χ1v) is 14.9. The summed E-state index contributed by atoms with van der Waals surface area (Å²) < 4.78 is 0. The molecule has 1 heterocycles. The van der Waals surface area contributed by atoms with Crippen LogP contribution in [0.3, 0.4) is 0 Å². The Morgan fingerprint density at radius 2 is 1.45 bits per heavy atom. The SMILES string of the molecule is O=Cc1ccc(Cl)c2cccc(C(=O)NCCSSCCN3C(=O)c4cccc5c(Cl)ccc(c45)C3=O)c12. The van der Waals surface area contributed by atoms with Crippen LogP contribution in [0.2, 0.25) is 10.0 Å². The van der Waals surface area contributed by atoms with Crippen LogP contribution < -0.4 is 5.32 Å². The number of benzene rings is 4. The lowest BCUT2D eigenvalue weighted by Gasteiger charge is -2.27. The topological polar surface area (TPSA) is 83.6 Å². The second-order valence-corrected chi connectivity index (χ2v) is 12.0. The summed E-state index contributed by atoms with van der Waals surface area (Å²) in [5.74, 6) is 0.227. The van der Waals surface area contributed by atoms with Gasteiger partial charge in [-0.1, -0.05) is 69.1 Å². The minimum Gasteiger partial charge on any atom is -0.351 e. The average molecular weight is 584 g/mol. The van der Waals surface area contributed by atoms with E-state index in [2.05, 4.69) is 5.32 Å². The van der Waals surface area contributed by atoms with E-state index in [0.29, 0.717) is 78.2 Å². The summed E-state index contributed by atoms with van der Waals surface area (Å²) in [7, 11) is 3.05. The summed E-state index contributed by atoms with van der Waals surface area (Å²) in [4.78, 5) is 51.7. The molecule has 1 aliphatic heterocycles. The summed E-state index contributed by atoms with van der Waals surface area (Å²) in [6.45, 7) is 0.674. The lowest BCUT2D eigenvalue weighted by atomic mass is 9.94. The predicted octanol–water partition coefficient (Wildman–Crippen LogP) is 6.52. The van der Waals surface area contributed by atoms with Crippen molar-refractivity contribution < 1.29 is 19.2 Å². The first-order valence-electron chi connectivity index (χ1n) is 11.7. The largest absolute Gasteiger partial charge is 0.351 e. The molecule has 1 aliphatic rings. The van der Waals surface area contributed by atoms with Gasteiger partial charge in [0.15, 0.2) is 6.29 Å². The molecule has 3 amide bonds. The maximum Gasteiger partial charge on any atom is 0.261 e. The number of nitrogens with zero attached hydrogens (tertiary/aromatic N) is 1. The van der Waals surface area contributed by atoms with Crippen LogP contribution >= 0.6 is 44.8 Å². The molecule has 0 aromatic heterocycles. The normalized spacial score (nSPS) is 12.8. The average Bonchev–Trinajstić information content (AvgIpc) is 2.93.